The van der Waals surface area contributed by atoms with E-state index in [1.807, 2.05) is 0 Å². The van der Waals surface area contributed by atoms with Crippen molar-refractivity contribution in [2.45, 2.75) is 0 Å². The molecule has 0 saturated carbocycles. The average molecular weight is 251 g/mol. The minimum absolute atomic E-state index is 0.226. The molecule has 0 fully saturated rings. The van der Waals surface area contributed by atoms with E-state index in [1.165, 1.54) is 6.20 Å². The zero-order chi connectivity index (χ0) is 12.4. The number of pyridine rings is 1. The lowest BCUT2D eigenvalue weighted by atomic mass is 10.3. The Labute approximate surface area is 103 Å². The molecule has 0 unspecified atom stereocenters. The summed E-state index contributed by atoms with van der Waals surface area (Å²) in [6.45, 7) is 0. The first-order valence-electron chi connectivity index (χ1n) is 4.81. The molecule has 1 heterocycles. The Bertz CT molecular complexity index is 559. The summed E-state index contributed by atoms with van der Waals surface area (Å²) in [6.07, 6.45) is 1.51. The molecule has 17 heavy (non-hydrogen) atoms. The normalized spacial score (nSPS) is 10.2. The van der Waals surface area contributed by atoms with E-state index in [0.717, 1.165) is 0 Å². The van der Waals surface area contributed by atoms with Crippen LogP contribution >= 0.6 is 11.6 Å². The highest BCUT2D eigenvalue weighted by atomic mass is 35.5. The maximum absolute atomic E-state index is 5.88. The zero-order valence-corrected chi connectivity index (χ0v) is 9.61. The number of aromatic nitrogens is 1. The van der Waals surface area contributed by atoms with E-state index in [9.17, 15) is 0 Å². The molecule has 6 N–H and O–H groups in total. The number of rotatable bonds is 2. The second kappa shape index (κ2) is 4.39. The number of ether oxygens (including phenoxy) is 1. The Balaban J connectivity index is 2.31. The van der Waals surface area contributed by atoms with Gasteiger partial charge in [0.15, 0.2) is 5.75 Å². The first kappa shape index (κ1) is 11.3. The van der Waals surface area contributed by atoms with Gasteiger partial charge in [0.1, 0.15) is 17.3 Å². The van der Waals surface area contributed by atoms with Crippen LogP contribution in [0.15, 0.2) is 30.5 Å². The predicted molar refractivity (Wildman–Crippen MR) is 69.0 cm³/mol. The fraction of sp³-hybridized carbons (Fsp3) is 0. The van der Waals surface area contributed by atoms with Gasteiger partial charge < -0.3 is 21.9 Å². The highest BCUT2D eigenvalue weighted by Gasteiger charge is 2.06. The second-order valence-corrected chi connectivity index (χ2v) is 3.80. The van der Waals surface area contributed by atoms with Gasteiger partial charge in [0.05, 0.1) is 10.7 Å². The van der Waals surface area contributed by atoms with Crippen molar-refractivity contribution in [3.8, 4) is 11.5 Å². The molecule has 0 radical (unpaired) electrons. The molecule has 0 aliphatic heterocycles. The van der Waals surface area contributed by atoms with E-state index in [4.69, 9.17) is 33.5 Å². The Hall–Kier alpha value is -2.14. The lowest BCUT2D eigenvalue weighted by molar-refractivity contribution is 0.485. The molecular formula is C11H11ClN4O. The molecule has 6 heteroatoms. The number of hydrogen-bond donors (Lipinski definition) is 3. The maximum atomic E-state index is 5.88. The van der Waals surface area contributed by atoms with Crippen molar-refractivity contribution < 1.29 is 4.74 Å². The van der Waals surface area contributed by atoms with Crippen molar-refractivity contribution in [2.24, 2.45) is 0 Å². The van der Waals surface area contributed by atoms with Crippen molar-refractivity contribution in [1.29, 1.82) is 0 Å². The van der Waals surface area contributed by atoms with Crippen LogP contribution in [-0.4, -0.2) is 4.98 Å². The van der Waals surface area contributed by atoms with Gasteiger partial charge in [-0.25, -0.2) is 4.98 Å². The summed E-state index contributed by atoms with van der Waals surface area (Å²) in [4.78, 5) is 3.84. The number of halogens is 1. The molecule has 0 atom stereocenters. The number of benzene rings is 1. The smallest absolute Gasteiger partial charge is 0.155 e. The summed E-state index contributed by atoms with van der Waals surface area (Å²) < 4.78 is 5.54. The zero-order valence-electron chi connectivity index (χ0n) is 8.85. The summed E-state index contributed by atoms with van der Waals surface area (Å²) in [5.74, 6) is 1.18. The quantitative estimate of drug-likeness (QED) is 0.710. The van der Waals surface area contributed by atoms with Crippen molar-refractivity contribution in [3.05, 3.63) is 35.5 Å². The first-order valence-corrected chi connectivity index (χ1v) is 5.18. The fourth-order valence-electron chi connectivity index (χ4n) is 1.26. The lowest BCUT2D eigenvalue weighted by Gasteiger charge is -2.10. The van der Waals surface area contributed by atoms with Crippen molar-refractivity contribution in [1.82, 2.24) is 4.98 Å². The minimum Gasteiger partial charge on any atom is -0.455 e. The Morgan fingerprint density at radius 3 is 2.59 bits per heavy atom. The third-order valence-corrected chi connectivity index (χ3v) is 2.51. The Kier molecular flexibility index (Phi) is 2.93. The van der Waals surface area contributed by atoms with Crippen LogP contribution < -0.4 is 21.9 Å². The molecule has 0 bridgehead atoms. The molecule has 0 amide bonds. The van der Waals surface area contributed by atoms with Gasteiger partial charge in [0.2, 0.25) is 0 Å². The van der Waals surface area contributed by atoms with Crippen LogP contribution in [-0.2, 0) is 0 Å². The van der Waals surface area contributed by atoms with E-state index in [2.05, 4.69) is 4.98 Å². The predicted octanol–water partition coefficient (Wildman–Crippen LogP) is 2.27. The monoisotopic (exact) mass is 250 g/mol. The molecule has 5 nitrogen and oxygen atoms in total. The summed E-state index contributed by atoms with van der Waals surface area (Å²) in [5, 5.41) is 0.420. The van der Waals surface area contributed by atoms with Crippen molar-refractivity contribution in [2.75, 3.05) is 17.2 Å². The topological polar surface area (TPSA) is 100 Å². The van der Waals surface area contributed by atoms with E-state index >= 15 is 0 Å². The highest BCUT2D eigenvalue weighted by Crippen LogP contribution is 2.32. The van der Waals surface area contributed by atoms with Crippen molar-refractivity contribution >= 4 is 28.8 Å². The molecular weight excluding hydrogens is 240 g/mol. The van der Waals surface area contributed by atoms with E-state index in [0.29, 0.717) is 27.9 Å². The lowest BCUT2D eigenvalue weighted by Crippen LogP contribution is -2.00. The molecule has 0 saturated heterocycles. The molecule has 0 spiro atoms. The number of anilines is 3. The van der Waals surface area contributed by atoms with Crippen LogP contribution in [0.1, 0.15) is 0 Å². The van der Waals surface area contributed by atoms with Crippen LogP contribution in [0.25, 0.3) is 0 Å². The molecule has 2 aromatic rings. The maximum Gasteiger partial charge on any atom is 0.155 e. The van der Waals surface area contributed by atoms with E-state index in [1.54, 1.807) is 24.3 Å². The SMILES string of the molecule is Nc1ccc(Oc2ccnc(N)c2N)cc1Cl. The standard InChI is InChI=1S/C11H11ClN4O/c12-7-5-6(1-2-8(7)13)17-9-3-4-16-11(15)10(9)14/h1-5H,13-14H2,(H2,15,16). The van der Waals surface area contributed by atoms with Gasteiger partial charge in [0.25, 0.3) is 0 Å². The van der Waals surface area contributed by atoms with Gasteiger partial charge in [-0.15, -0.1) is 0 Å². The highest BCUT2D eigenvalue weighted by molar-refractivity contribution is 6.33. The van der Waals surface area contributed by atoms with Crippen molar-refractivity contribution in [3.63, 3.8) is 0 Å². The van der Waals surface area contributed by atoms with E-state index in [-0.39, 0.29) is 5.82 Å². The fourth-order valence-corrected chi connectivity index (χ4v) is 1.43. The second-order valence-electron chi connectivity index (χ2n) is 3.39. The number of nitrogens with two attached hydrogens (primary N) is 3. The van der Waals surface area contributed by atoms with Gasteiger partial charge in [0, 0.05) is 18.3 Å². The molecule has 2 rings (SSSR count). The van der Waals surface area contributed by atoms with E-state index < -0.39 is 0 Å². The molecule has 1 aromatic carbocycles. The van der Waals surface area contributed by atoms with Gasteiger partial charge in [-0.2, -0.15) is 0 Å². The number of hydrogen-bond acceptors (Lipinski definition) is 5. The van der Waals surface area contributed by atoms with Crippen LogP contribution in [0.4, 0.5) is 17.2 Å². The Morgan fingerprint density at radius 2 is 1.88 bits per heavy atom. The summed E-state index contributed by atoms with van der Waals surface area (Å²) in [6, 6.07) is 6.57. The number of nitrogen functional groups attached to an aromatic ring is 3. The summed E-state index contributed by atoms with van der Waals surface area (Å²) >= 11 is 5.88. The third kappa shape index (κ3) is 2.34. The van der Waals surface area contributed by atoms with Gasteiger partial charge >= 0.3 is 0 Å². The van der Waals surface area contributed by atoms with Crippen LogP contribution in [0, 0.1) is 0 Å². The number of nitrogens with zero attached hydrogens (tertiary/aromatic N) is 1. The minimum atomic E-state index is 0.226. The van der Waals surface area contributed by atoms with Gasteiger partial charge in [-0.3, -0.25) is 0 Å². The molecule has 88 valence electrons. The largest absolute Gasteiger partial charge is 0.455 e. The summed E-state index contributed by atoms with van der Waals surface area (Å²) in [5.41, 5.74) is 17.7. The molecule has 0 aliphatic carbocycles. The average Bonchev–Trinajstić information content (AvgIpc) is 2.30. The Morgan fingerprint density at radius 1 is 1.12 bits per heavy atom. The molecule has 0 aliphatic rings. The summed E-state index contributed by atoms with van der Waals surface area (Å²) in [7, 11) is 0. The molecule has 1 aromatic heterocycles. The van der Waals surface area contributed by atoms with Crippen LogP contribution in [0.3, 0.4) is 0 Å². The van der Waals surface area contributed by atoms with Gasteiger partial charge in [-0.05, 0) is 12.1 Å². The first-order chi connectivity index (χ1) is 8.08. The van der Waals surface area contributed by atoms with Gasteiger partial charge in [-0.1, -0.05) is 11.6 Å². The van der Waals surface area contributed by atoms with Crippen LogP contribution in [0.5, 0.6) is 11.5 Å². The third-order valence-electron chi connectivity index (χ3n) is 2.18. The van der Waals surface area contributed by atoms with Crippen LogP contribution in [0.2, 0.25) is 5.02 Å².